The van der Waals surface area contributed by atoms with Crippen molar-refractivity contribution < 1.29 is 19.1 Å². The van der Waals surface area contributed by atoms with Crippen molar-refractivity contribution in [3.05, 3.63) is 78.0 Å². The molecule has 0 N–H and O–H groups in total. The highest BCUT2D eigenvalue weighted by molar-refractivity contribution is 6.00. The number of rotatable bonds is 8. The van der Waals surface area contributed by atoms with Crippen LogP contribution in [0.5, 0.6) is 5.75 Å². The van der Waals surface area contributed by atoms with E-state index in [0.29, 0.717) is 51.4 Å². The Balaban J connectivity index is 1.68. The van der Waals surface area contributed by atoms with Crippen LogP contribution in [0.25, 0.3) is 10.9 Å². The number of fused-ring (bicyclic) bond motifs is 1. The fourth-order valence-electron chi connectivity index (χ4n) is 4.58. The third kappa shape index (κ3) is 4.86. The molecule has 0 aliphatic carbocycles. The maximum Gasteiger partial charge on any atom is 0.309 e. The molecule has 1 aliphatic rings. The van der Waals surface area contributed by atoms with E-state index in [-0.39, 0.29) is 17.8 Å². The molecule has 1 aromatic heterocycles. The van der Waals surface area contributed by atoms with Crippen molar-refractivity contribution in [2.24, 2.45) is 5.92 Å². The van der Waals surface area contributed by atoms with Crippen LogP contribution in [0, 0.1) is 12.8 Å². The van der Waals surface area contributed by atoms with Gasteiger partial charge in [-0.3, -0.25) is 9.59 Å². The summed E-state index contributed by atoms with van der Waals surface area (Å²) >= 11 is 0. The van der Waals surface area contributed by atoms with Crippen molar-refractivity contribution in [1.29, 1.82) is 0 Å². The maximum atomic E-state index is 13.7. The average Bonchev–Trinajstić information content (AvgIpc) is 3.23. The molecule has 1 aliphatic heterocycles. The maximum absolute atomic E-state index is 13.7. The van der Waals surface area contributed by atoms with Crippen LogP contribution in [-0.4, -0.2) is 47.6 Å². The Morgan fingerprint density at radius 1 is 1.12 bits per heavy atom. The first kappa shape index (κ1) is 23.6. The summed E-state index contributed by atoms with van der Waals surface area (Å²) in [6, 6.07) is 16.1. The molecule has 1 amide bonds. The predicted octanol–water partition coefficient (Wildman–Crippen LogP) is 4.98. The summed E-state index contributed by atoms with van der Waals surface area (Å²) in [4.78, 5) is 27.7. The van der Waals surface area contributed by atoms with Gasteiger partial charge in [0, 0.05) is 25.0 Å². The van der Waals surface area contributed by atoms with E-state index in [0.717, 1.165) is 22.2 Å². The third-order valence-electron chi connectivity index (χ3n) is 6.47. The summed E-state index contributed by atoms with van der Waals surface area (Å²) < 4.78 is 13.1. The Morgan fingerprint density at radius 3 is 2.59 bits per heavy atom. The fraction of sp³-hybridized carbons (Fsp3) is 0.357. The quantitative estimate of drug-likeness (QED) is 0.351. The van der Waals surface area contributed by atoms with Gasteiger partial charge in [-0.2, -0.15) is 0 Å². The van der Waals surface area contributed by atoms with Gasteiger partial charge in [0.2, 0.25) is 0 Å². The lowest BCUT2D eigenvalue weighted by molar-refractivity contribution is -0.149. The molecule has 0 spiro atoms. The zero-order valence-corrected chi connectivity index (χ0v) is 20.0. The molecule has 1 saturated heterocycles. The van der Waals surface area contributed by atoms with E-state index in [1.54, 1.807) is 6.08 Å². The number of carbonyl (C=O) groups excluding carboxylic acids is 2. The van der Waals surface area contributed by atoms with Crippen LogP contribution >= 0.6 is 0 Å². The minimum absolute atomic E-state index is 0.0261. The Hall–Kier alpha value is -3.54. The number of hydrogen-bond acceptors (Lipinski definition) is 4. The van der Waals surface area contributed by atoms with E-state index in [9.17, 15) is 9.59 Å². The highest BCUT2D eigenvalue weighted by Crippen LogP contribution is 2.31. The van der Waals surface area contributed by atoms with E-state index in [2.05, 4.69) is 30.2 Å². The molecule has 2 heterocycles. The van der Waals surface area contributed by atoms with Gasteiger partial charge in [0.25, 0.3) is 5.91 Å². The highest BCUT2D eigenvalue weighted by atomic mass is 16.5. The van der Waals surface area contributed by atoms with Crippen molar-refractivity contribution >= 4 is 22.8 Å². The summed E-state index contributed by atoms with van der Waals surface area (Å²) in [6.45, 7) is 10.1. The van der Waals surface area contributed by atoms with E-state index in [4.69, 9.17) is 9.47 Å². The van der Waals surface area contributed by atoms with E-state index >= 15 is 0 Å². The smallest absolute Gasteiger partial charge is 0.309 e. The standard InChI is InChI=1S/C28H32N2O4/c1-4-17-34-26-12-8-11-24-23(26)18-25(30(24)19-22-10-7-6-9-20(22)3)27(31)29-15-13-21(14-16-29)28(32)33-5-2/h4,6-12,18,21H,1,5,13-17,19H2,2-3H3. The molecule has 3 aromatic rings. The second kappa shape index (κ2) is 10.6. The number of nitrogens with zero attached hydrogens (tertiary/aromatic N) is 2. The van der Waals surface area contributed by atoms with Crippen LogP contribution in [0.1, 0.15) is 41.4 Å². The van der Waals surface area contributed by atoms with Crippen molar-refractivity contribution in [2.45, 2.75) is 33.2 Å². The second-order valence-corrected chi connectivity index (χ2v) is 8.65. The summed E-state index contributed by atoms with van der Waals surface area (Å²) in [5.74, 6) is 0.408. The number of amides is 1. The number of hydrogen-bond donors (Lipinski definition) is 0. The lowest BCUT2D eigenvalue weighted by Crippen LogP contribution is -2.41. The molecule has 1 fully saturated rings. The monoisotopic (exact) mass is 460 g/mol. The van der Waals surface area contributed by atoms with Crippen molar-refractivity contribution in [3.8, 4) is 5.75 Å². The van der Waals surface area contributed by atoms with Gasteiger partial charge in [-0.15, -0.1) is 0 Å². The van der Waals surface area contributed by atoms with Crippen LogP contribution in [0.3, 0.4) is 0 Å². The molecular weight excluding hydrogens is 428 g/mol. The number of piperidine rings is 1. The number of carbonyl (C=O) groups is 2. The van der Waals surface area contributed by atoms with E-state index in [1.165, 1.54) is 5.56 Å². The van der Waals surface area contributed by atoms with Gasteiger partial charge in [0.05, 0.1) is 18.0 Å². The first-order valence-electron chi connectivity index (χ1n) is 11.9. The number of ether oxygens (including phenoxy) is 2. The molecule has 178 valence electrons. The van der Waals surface area contributed by atoms with Gasteiger partial charge in [0.1, 0.15) is 18.1 Å². The zero-order valence-electron chi connectivity index (χ0n) is 20.0. The largest absolute Gasteiger partial charge is 0.489 e. The van der Waals surface area contributed by atoms with Crippen molar-refractivity contribution in [1.82, 2.24) is 9.47 Å². The van der Waals surface area contributed by atoms with Gasteiger partial charge in [-0.1, -0.05) is 43.0 Å². The normalized spacial score (nSPS) is 14.2. The SMILES string of the molecule is C=CCOc1cccc2c1cc(C(=O)N1CCC(C(=O)OCC)CC1)n2Cc1ccccc1C. The molecule has 0 bridgehead atoms. The van der Waals surface area contributed by atoms with Crippen LogP contribution in [0.4, 0.5) is 0 Å². The minimum atomic E-state index is -0.160. The molecule has 4 rings (SSSR count). The Kier molecular flexibility index (Phi) is 7.36. The van der Waals surface area contributed by atoms with Crippen molar-refractivity contribution in [3.63, 3.8) is 0 Å². The zero-order chi connectivity index (χ0) is 24.1. The molecule has 0 radical (unpaired) electrons. The molecular formula is C28H32N2O4. The topological polar surface area (TPSA) is 60.8 Å². The van der Waals surface area contributed by atoms with Crippen LogP contribution in [0.2, 0.25) is 0 Å². The number of aryl methyl sites for hydroxylation is 1. The first-order chi connectivity index (χ1) is 16.5. The Labute approximate surface area is 200 Å². The third-order valence-corrected chi connectivity index (χ3v) is 6.47. The Morgan fingerprint density at radius 2 is 1.88 bits per heavy atom. The molecule has 6 heteroatoms. The van der Waals surface area contributed by atoms with Gasteiger partial charge in [0.15, 0.2) is 0 Å². The first-order valence-corrected chi connectivity index (χ1v) is 11.9. The Bertz CT molecular complexity index is 1190. The van der Waals surface area contributed by atoms with Gasteiger partial charge < -0.3 is 18.9 Å². The van der Waals surface area contributed by atoms with Crippen molar-refractivity contribution in [2.75, 3.05) is 26.3 Å². The minimum Gasteiger partial charge on any atom is -0.489 e. The summed E-state index contributed by atoms with van der Waals surface area (Å²) in [6.07, 6.45) is 2.95. The number of benzene rings is 2. The van der Waals surface area contributed by atoms with Gasteiger partial charge >= 0.3 is 5.97 Å². The summed E-state index contributed by atoms with van der Waals surface area (Å²) in [5, 5.41) is 0.905. The van der Waals surface area contributed by atoms with Gasteiger partial charge in [-0.05, 0) is 56.0 Å². The number of esters is 1. The van der Waals surface area contributed by atoms with Crippen LogP contribution in [0.15, 0.2) is 61.2 Å². The molecule has 6 nitrogen and oxygen atoms in total. The second-order valence-electron chi connectivity index (χ2n) is 8.65. The molecule has 0 saturated carbocycles. The number of likely N-dealkylation sites (tertiary alicyclic amines) is 1. The lowest BCUT2D eigenvalue weighted by Gasteiger charge is -2.31. The fourth-order valence-corrected chi connectivity index (χ4v) is 4.58. The summed E-state index contributed by atoms with van der Waals surface area (Å²) in [5.41, 5.74) is 3.92. The summed E-state index contributed by atoms with van der Waals surface area (Å²) in [7, 11) is 0. The molecule has 0 unspecified atom stereocenters. The number of aromatic nitrogens is 1. The molecule has 2 aromatic carbocycles. The highest BCUT2D eigenvalue weighted by Gasteiger charge is 2.30. The van der Waals surface area contributed by atoms with Gasteiger partial charge in [-0.25, -0.2) is 0 Å². The van der Waals surface area contributed by atoms with E-state index < -0.39 is 0 Å². The molecule has 0 atom stereocenters. The predicted molar refractivity (Wildman–Crippen MR) is 133 cm³/mol. The average molecular weight is 461 g/mol. The van der Waals surface area contributed by atoms with Crippen LogP contribution < -0.4 is 4.74 Å². The van der Waals surface area contributed by atoms with E-state index in [1.807, 2.05) is 48.2 Å². The van der Waals surface area contributed by atoms with Crippen LogP contribution in [-0.2, 0) is 16.1 Å². The molecule has 34 heavy (non-hydrogen) atoms. The lowest BCUT2D eigenvalue weighted by atomic mass is 9.97.